The molecule has 0 N–H and O–H groups in total. The van der Waals surface area contributed by atoms with E-state index in [-0.39, 0.29) is 11.7 Å². The minimum absolute atomic E-state index is 0.0916. The molecule has 0 radical (unpaired) electrons. The molecule has 1 nitrogen and oxygen atoms in total. The number of Topliss-reactive ketones (excluding diaryl/α,β-unsaturated/α-hetero) is 1. The van der Waals surface area contributed by atoms with Gasteiger partial charge in [0.2, 0.25) is 0 Å². The number of allylic oxidation sites excluding steroid dienone is 1. The Morgan fingerprint density at radius 1 is 0.941 bits per heavy atom. The minimum atomic E-state index is 0.0916. The zero-order valence-corrected chi connectivity index (χ0v) is 11.4. The maximum Gasteiger partial charge on any atom is 0.170 e. The molecule has 2 rings (SSSR count). The van der Waals surface area contributed by atoms with E-state index in [0.29, 0.717) is 0 Å². The van der Waals surface area contributed by atoms with Gasteiger partial charge in [-0.25, -0.2) is 0 Å². The summed E-state index contributed by atoms with van der Waals surface area (Å²) in [7, 11) is 0. The van der Waals surface area contributed by atoms with Crippen LogP contribution in [0.2, 0.25) is 0 Å². The summed E-state index contributed by atoms with van der Waals surface area (Å²) in [5.41, 5.74) is 8.14. The Bertz CT molecular complexity index is 506. The van der Waals surface area contributed by atoms with Crippen molar-refractivity contribution in [3.63, 3.8) is 0 Å². The van der Waals surface area contributed by atoms with Gasteiger partial charge in [0, 0.05) is 11.5 Å². The topological polar surface area (TPSA) is 17.1 Å². The monoisotopic (exact) mass is 228 g/mol. The Balaban J connectivity index is 2.61. The predicted octanol–water partition coefficient (Wildman–Crippen LogP) is 3.99. The van der Waals surface area contributed by atoms with Crippen molar-refractivity contribution in [3.8, 4) is 0 Å². The first-order valence-electron chi connectivity index (χ1n) is 6.15. The van der Waals surface area contributed by atoms with Crippen LogP contribution in [0.1, 0.15) is 44.6 Å². The third kappa shape index (κ3) is 1.74. The van der Waals surface area contributed by atoms with Gasteiger partial charge in [0.1, 0.15) is 0 Å². The molecule has 0 bridgehead atoms. The molecule has 1 heteroatoms. The van der Waals surface area contributed by atoms with Crippen molar-refractivity contribution in [1.29, 1.82) is 0 Å². The normalized spacial score (nSPS) is 18.4. The molecular weight excluding hydrogens is 208 g/mol. The molecule has 0 heterocycles. The van der Waals surface area contributed by atoms with Crippen LogP contribution < -0.4 is 0 Å². The van der Waals surface area contributed by atoms with Crippen molar-refractivity contribution in [3.05, 3.63) is 45.5 Å². The van der Waals surface area contributed by atoms with Gasteiger partial charge in [0.05, 0.1) is 0 Å². The quantitative estimate of drug-likeness (QED) is 0.552. The lowest BCUT2D eigenvalue weighted by Gasteiger charge is -2.17. The van der Waals surface area contributed by atoms with E-state index in [9.17, 15) is 4.79 Å². The van der Waals surface area contributed by atoms with E-state index in [4.69, 9.17) is 0 Å². The predicted molar refractivity (Wildman–Crippen MR) is 71.7 cm³/mol. The maximum absolute atomic E-state index is 12.4. The van der Waals surface area contributed by atoms with Crippen LogP contribution in [0.25, 0.3) is 0 Å². The number of carbonyl (C=O) groups is 1. The fraction of sp³-hybridized carbons (Fsp3) is 0.438. The van der Waals surface area contributed by atoms with E-state index in [1.54, 1.807) is 0 Å². The van der Waals surface area contributed by atoms with Crippen LogP contribution in [0.5, 0.6) is 0 Å². The highest BCUT2D eigenvalue weighted by Gasteiger charge is 2.37. The average Bonchev–Trinajstić information content (AvgIpc) is 3.01. The highest BCUT2D eigenvalue weighted by atomic mass is 16.1. The molecule has 0 aliphatic heterocycles. The summed E-state index contributed by atoms with van der Waals surface area (Å²) in [6, 6.07) is 0. The summed E-state index contributed by atoms with van der Waals surface area (Å²) < 4.78 is 0. The lowest BCUT2D eigenvalue weighted by molar-refractivity contribution is 0.0971. The van der Waals surface area contributed by atoms with Crippen molar-refractivity contribution in [2.75, 3.05) is 0 Å². The fourth-order valence-corrected chi connectivity index (χ4v) is 2.53. The van der Waals surface area contributed by atoms with Crippen LogP contribution >= 0.6 is 0 Å². The molecular formula is C16H20O. The van der Waals surface area contributed by atoms with Crippen molar-refractivity contribution < 1.29 is 4.79 Å². The smallest absolute Gasteiger partial charge is 0.170 e. The van der Waals surface area contributed by atoms with Crippen LogP contribution in [0, 0.1) is 40.5 Å². The first-order chi connectivity index (χ1) is 7.86. The standard InChI is InChI=1S/C16H20O/c1-8-7-14(8)16(17)15-12(5)10(3)9(2)11(4)13(15)6/h14H,1,7H2,2-6H3. The molecule has 1 aliphatic rings. The molecule has 1 fully saturated rings. The number of hydrogen-bond donors (Lipinski definition) is 0. The summed E-state index contributed by atoms with van der Waals surface area (Å²) in [5.74, 6) is 0.366. The van der Waals surface area contributed by atoms with E-state index in [1.807, 2.05) is 0 Å². The zero-order chi connectivity index (χ0) is 12.9. The number of benzene rings is 1. The lowest BCUT2D eigenvalue weighted by Crippen LogP contribution is -2.11. The van der Waals surface area contributed by atoms with Crippen molar-refractivity contribution in [2.45, 2.75) is 41.0 Å². The van der Waals surface area contributed by atoms with Gasteiger partial charge in [-0.05, 0) is 68.9 Å². The fourth-order valence-electron chi connectivity index (χ4n) is 2.53. The van der Waals surface area contributed by atoms with E-state index in [2.05, 4.69) is 41.2 Å². The highest BCUT2D eigenvalue weighted by molar-refractivity contribution is 6.05. The lowest BCUT2D eigenvalue weighted by atomic mass is 9.86. The molecule has 0 amide bonds. The van der Waals surface area contributed by atoms with Gasteiger partial charge < -0.3 is 0 Å². The number of ketones is 1. The second kappa shape index (κ2) is 3.83. The highest BCUT2D eigenvalue weighted by Crippen LogP contribution is 2.40. The molecule has 17 heavy (non-hydrogen) atoms. The molecule has 0 aromatic heterocycles. The Hall–Kier alpha value is -1.37. The number of rotatable bonds is 2. The first kappa shape index (κ1) is 12.1. The summed E-state index contributed by atoms with van der Waals surface area (Å²) in [4.78, 5) is 12.4. The zero-order valence-electron chi connectivity index (χ0n) is 11.4. The van der Waals surface area contributed by atoms with Crippen molar-refractivity contribution in [1.82, 2.24) is 0 Å². The third-order valence-corrected chi connectivity index (χ3v) is 4.36. The van der Waals surface area contributed by atoms with E-state index < -0.39 is 0 Å². The molecule has 0 spiro atoms. The molecule has 1 aliphatic carbocycles. The molecule has 1 aromatic carbocycles. The molecule has 1 atom stereocenters. The van der Waals surface area contributed by atoms with Crippen molar-refractivity contribution in [2.24, 2.45) is 5.92 Å². The van der Waals surface area contributed by atoms with Gasteiger partial charge in [-0.1, -0.05) is 12.2 Å². The van der Waals surface area contributed by atoms with Crippen LogP contribution in [-0.4, -0.2) is 5.78 Å². The number of hydrogen-bond acceptors (Lipinski definition) is 1. The second-order valence-electron chi connectivity index (χ2n) is 5.28. The van der Waals surface area contributed by atoms with Crippen LogP contribution in [-0.2, 0) is 0 Å². The largest absolute Gasteiger partial charge is 0.293 e. The van der Waals surface area contributed by atoms with Gasteiger partial charge in [-0.3, -0.25) is 4.79 Å². The van der Waals surface area contributed by atoms with Crippen molar-refractivity contribution >= 4 is 5.78 Å². The summed E-state index contributed by atoms with van der Waals surface area (Å²) >= 11 is 0. The summed E-state index contributed by atoms with van der Waals surface area (Å²) in [6.07, 6.45) is 0.879. The van der Waals surface area contributed by atoms with Gasteiger partial charge in [-0.15, -0.1) is 0 Å². The first-order valence-corrected chi connectivity index (χ1v) is 6.15. The SMILES string of the molecule is C=C1CC1C(=O)c1c(C)c(C)c(C)c(C)c1C. The van der Waals surface area contributed by atoms with Crippen LogP contribution in [0.15, 0.2) is 12.2 Å². The molecule has 1 aromatic rings. The average molecular weight is 228 g/mol. The van der Waals surface area contributed by atoms with E-state index in [0.717, 1.165) is 28.7 Å². The molecule has 0 saturated heterocycles. The Labute approximate surface area is 104 Å². The van der Waals surface area contributed by atoms with E-state index in [1.165, 1.54) is 16.7 Å². The third-order valence-electron chi connectivity index (χ3n) is 4.36. The second-order valence-corrected chi connectivity index (χ2v) is 5.28. The summed E-state index contributed by atoms with van der Waals surface area (Å²) in [5, 5.41) is 0. The Morgan fingerprint density at radius 2 is 1.29 bits per heavy atom. The summed E-state index contributed by atoms with van der Waals surface area (Å²) in [6.45, 7) is 14.4. The molecule has 1 unspecified atom stereocenters. The molecule has 1 saturated carbocycles. The Kier molecular flexibility index (Phi) is 2.73. The maximum atomic E-state index is 12.4. The van der Waals surface area contributed by atoms with Gasteiger partial charge >= 0.3 is 0 Å². The van der Waals surface area contributed by atoms with Gasteiger partial charge in [-0.2, -0.15) is 0 Å². The molecule has 90 valence electrons. The number of carbonyl (C=O) groups excluding carboxylic acids is 1. The van der Waals surface area contributed by atoms with Crippen LogP contribution in [0.4, 0.5) is 0 Å². The Morgan fingerprint density at radius 3 is 1.65 bits per heavy atom. The van der Waals surface area contributed by atoms with Crippen LogP contribution in [0.3, 0.4) is 0 Å². The van der Waals surface area contributed by atoms with Gasteiger partial charge in [0.25, 0.3) is 0 Å². The van der Waals surface area contributed by atoms with E-state index >= 15 is 0 Å². The minimum Gasteiger partial charge on any atom is -0.293 e. The van der Waals surface area contributed by atoms with Gasteiger partial charge in [0.15, 0.2) is 5.78 Å².